The average molecular weight is 290 g/mol. The van der Waals surface area contributed by atoms with E-state index in [0.29, 0.717) is 24.2 Å². The number of hydrogen-bond acceptors (Lipinski definition) is 4. The van der Waals surface area contributed by atoms with E-state index in [1.807, 2.05) is 6.92 Å². The van der Waals surface area contributed by atoms with Crippen LogP contribution in [-0.2, 0) is 0 Å². The van der Waals surface area contributed by atoms with Crippen LogP contribution in [0, 0.1) is 5.92 Å². The lowest BCUT2D eigenvalue weighted by atomic mass is 10.1. The Morgan fingerprint density at radius 2 is 2.14 bits per heavy atom. The van der Waals surface area contributed by atoms with Gasteiger partial charge in [-0.3, -0.25) is 0 Å². The van der Waals surface area contributed by atoms with Crippen molar-refractivity contribution in [3.8, 4) is 0 Å². The lowest BCUT2D eigenvalue weighted by Crippen LogP contribution is -2.32. The molecule has 0 saturated carbocycles. The number of carbonyl (C=O) groups excluding carboxylic acids is 1. The lowest BCUT2D eigenvalue weighted by molar-refractivity contribution is 0.243. The number of aliphatic hydroxyl groups is 1. The zero-order valence-corrected chi connectivity index (χ0v) is 11.8. The van der Waals surface area contributed by atoms with Crippen LogP contribution in [-0.4, -0.2) is 24.3 Å². The van der Waals surface area contributed by atoms with E-state index in [1.165, 1.54) is 6.07 Å². The number of amides is 2. The first-order chi connectivity index (χ1) is 10.1. The second kappa shape index (κ2) is 6.90. The SMILES string of the molecule is CC(CCO)CNC(=O)Nc1ccc2oc(=O)ccc2c1. The maximum atomic E-state index is 11.8. The Bertz CT molecular complexity index is 681. The minimum atomic E-state index is -0.404. The van der Waals surface area contributed by atoms with Crippen LogP contribution >= 0.6 is 0 Å². The third kappa shape index (κ3) is 4.32. The summed E-state index contributed by atoms with van der Waals surface area (Å²) in [5.74, 6) is 0.214. The molecule has 0 fully saturated rings. The molecule has 1 aromatic carbocycles. The third-order valence-corrected chi connectivity index (χ3v) is 3.11. The molecule has 1 aromatic heterocycles. The average Bonchev–Trinajstić information content (AvgIpc) is 2.46. The van der Waals surface area contributed by atoms with E-state index in [2.05, 4.69) is 10.6 Å². The smallest absolute Gasteiger partial charge is 0.336 e. The topological polar surface area (TPSA) is 91.6 Å². The number of urea groups is 1. The van der Waals surface area contributed by atoms with Crippen LogP contribution in [0.15, 0.2) is 39.5 Å². The van der Waals surface area contributed by atoms with Crippen LogP contribution in [0.2, 0.25) is 0 Å². The molecular weight excluding hydrogens is 272 g/mol. The Hall–Kier alpha value is -2.34. The molecule has 0 spiro atoms. The summed E-state index contributed by atoms with van der Waals surface area (Å²) >= 11 is 0. The highest BCUT2D eigenvalue weighted by molar-refractivity contribution is 5.92. The Kier molecular flexibility index (Phi) is 4.94. The first-order valence-corrected chi connectivity index (χ1v) is 6.78. The molecular formula is C15H18N2O4. The molecule has 0 aliphatic heterocycles. The molecule has 2 amide bonds. The van der Waals surface area contributed by atoms with Gasteiger partial charge in [-0.05, 0) is 36.6 Å². The Morgan fingerprint density at radius 1 is 1.33 bits per heavy atom. The summed E-state index contributed by atoms with van der Waals surface area (Å²) in [6.45, 7) is 2.56. The standard InChI is InChI=1S/C15H18N2O4/c1-10(6-7-18)9-16-15(20)17-12-3-4-13-11(8-12)2-5-14(19)21-13/h2-5,8,10,18H,6-7,9H2,1H3,(H2,16,17,20). The minimum Gasteiger partial charge on any atom is -0.423 e. The van der Waals surface area contributed by atoms with Crippen molar-refractivity contribution in [1.29, 1.82) is 0 Å². The number of benzene rings is 1. The molecule has 3 N–H and O–H groups in total. The molecule has 0 saturated heterocycles. The van der Waals surface area contributed by atoms with Crippen molar-refractivity contribution in [2.45, 2.75) is 13.3 Å². The zero-order chi connectivity index (χ0) is 15.2. The fourth-order valence-corrected chi connectivity index (χ4v) is 1.91. The predicted octanol–water partition coefficient (Wildman–Crippen LogP) is 1.93. The van der Waals surface area contributed by atoms with Crippen molar-refractivity contribution < 1.29 is 14.3 Å². The molecule has 1 unspecified atom stereocenters. The normalized spacial score (nSPS) is 12.1. The first-order valence-electron chi connectivity index (χ1n) is 6.78. The number of rotatable bonds is 5. The predicted molar refractivity (Wildman–Crippen MR) is 80.4 cm³/mol. The molecule has 6 heteroatoms. The maximum absolute atomic E-state index is 11.8. The zero-order valence-electron chi connectivity index (χ0n) is 11.8. The molecule has 0 radical (unpaired) electrons. The van der Waals surface area contributed by atoms with E-state index < -0.39 is 5.63 Å². The van der Waals surface area contributed by atoms with Gasteiger partial charge in [0.05, 0.1) is 0 Å². The Labute approximate surface area is 121 Å². The van der Waals surface area contributed by atoms with Crippen LogP contribution in [0.4, 0.5) is 10.5 Å². The fraction of sp³-hybridized carbons (Fsp3) is 0.333. The van der Waals surface area contributed by atoms with Crippen LogP contribution in [0.5, 0.6) is 0 Å². The van der Waals surface area contributed by atoms with E-state index in [1.54, 1.807) is 24.3 Å². The highest BCUT2D eigenvalue weighted by atomic mass is 16.4. The van der Waals surface area contributed by atoms with E-state index in [0.717, 1.165) is 5.39 Å². The maximum Gasteiger partial charge on any atom is 0.336 e. The van der Waals surface area contributed by atoms with Crippen LogP contribution < -0.4 is 16.3 Å². The summed E-state index contributed by atoms with van der Waals surface area (Å²) in [6, 6.07) is 7.71. The van der Waals surface area contributed by atoms with Gasteiger partial charge in [-0.1, -0.05) is 6.92 Å². The van der Waals surface area contributed by atoms with Crippen molar-refractivity contribution in [1.82, 2.24) is 5.32 Å². The fourth-order valence-electron chi connectivity index (χ4n) is 1.91. The highest BCUT2D eigenvalue weighted by Gasteiger charge is 2.06. The quantitative estimate of drug-likeness (QED) is 0.734. The number of anilines is 1. The van der Waals surface area contributed by atoms with E-state index >= 15 is 0 Å². The second-order valence-electron chi connectivity index (χ2n) is 4.96. The van der Waals surface area contributed by atoms with Gasteiger partial charge >= 0.3 is 11.7 Å². The number of nitrogens with one attached hydrogen (secondary N) is 2. The van der Waals surface area contributed by atoms with Crippen LogP contribution in [0.1, 0.15) is 13.3 Å². The van der Waals surface area contributed by atoms with E-state index in [-0.39, 0.29) is 18.6 Å². The van der Waals surface area contributed by atoms with Crippen molar-refractivity contribution in [2.24, 2.45) is 5.92 Å². The van der Waals surface area contributed by atoms with Crippen molar-refractivity contribution in [2.75, 3.05) is 18.5 Å². The van der Waals surface area contributed by atoms with E-state index in [4.69, 9.17) is 9.52 Å². The van der Waals surface area contributed by atoms with Gasteiger partial charge in [-0.2, -0.15) is 0 Å². The summed E-state index contributed by atoms with van der Waals surface area (Å²) in [5, 5.41) is 15.0. The number of aliphatic hydroxyl groups excluding tert-OH is 1. The summed E-state index contributed by atoms with van der Waals surface area (Å²) in [4.78, 5) is 22.8. The molecule has 2 rings (SSSR count). The molecule has 21 heavy (non-hydrogen) atoms. The van der Waals surface area contributed by atoms with Crippen molar-refractivity contribution in [3.63, 3.8) is 0 Å². The van der Waals surface area contributed by atoms with Crippen LogP contribution in [0.25, 0.3) is 11.0 Å². The van der Waals surface area contributed by atoms with Crippen molar-refractivity contribution >= 4 is 22.7 Å². The molecule has 0 bridgehead atoms. The highest BCUT2D eigenvalue weighted by Crippen LogP contribution is 2.17. The second-order valence-corrected chi connectivity index (χ2v) is 4.96. The number of hydrogen-bond donors (Lipinski definition) is 3. The van der Waals surface area contributed by atoms with Crippen LogP contribution in [0.3, 0.4) is 0 Å². The molecule has 0 aliphatic rings. The molecule has 1 atom stereocenters. The van der Waals surface area contributed by atoms with Gasteiger partial charge in [0, 0.05) is 30.3 Å². The number of fused-ring (bicyclic) bond motifs is 1. The molecule has 1 heterocycles. The monoisotopic (exact) mass is 290 g/mol. The molecule has 0 aliphatic carbocycles. The summed E-state index contributed by atoms with van der Waals surface area (Å²) < 4.78 is 5.02. The van der Waals surface area contributed by atoms with Gasteiger partial charge in [0.1, 0.15) is 5.58 Å². The summed E-state index contributed by atoms with van der Waals surface area (Å²) in [7, 11) is 0. The lowest BCUT2D eigenvalue weighted by Gasteiger charge is -2.12. The Balaban J connectivity index is 1.98. The van der Waals surface area contributed by atoms with Crippen molar-refractivity contribution in [3.05, 3.63) is 40.8 Å². The van der Waals surface area contributed by atoms with E-state index in [9.17, 15) is 9.59 Å². The summed E-state index contributed by atoms with van der Waals surface area (Å²) in [6.07, 6.45) is 0.648. The van der Waals surface area contributed by atoms with Gasteiger partial charge in [0.25, 0.3) is 0 Å². The summed E-state index contributed by atoms with van der Waals surface area (Å²) in [5.41, 5.74) is 0.688. The molecule has 112 valence electrons. The van der Waals surface area contributed by atoms with Gasteiger partial charge in [0.15, 0.2) is 0 Å². The van der Waals surface area contributed by atoms with Gasteiger partial charge in [-0.15, -0.1) is 0 Å². The van der Waals surface area contributed by atoms with Gasteiger partial charge < -0.3 is 20.2 Å². The molecule has 6 nitrogen and oxygen atoms in total. The van der Waals surface area contributed by atoms with Gasteiger partial charge in [-0.25, -0.2) is 9.59 Å². The Morgan fingerprint density at radius 3 is 2.90 bits per heavy atom. The minimum absolute atomic E-state index is 0.111. The largest absolute Gasteiger partial charge is 0.423 e. The molecule has 2 aromatic rings. The van der Waals surface area contributed by atoms with Gasteiger partial charge in [0.2, 0.25) is 0 Å². The first kappa shape index (κ1) is 15.1. The number of carbonyl (C=O) groups is 1. The third-order valence-electron chi connectivity index (χ3n) is 3.11.